The van der Waals surface area contributed by atoms with Crippen LogP contribution in [-0.4, -0.2) is 19.2 Å². The summed E-state index contributed by atoms with van der Waals surface area (Å²) in [6.07, 6.45) is 0.364. The fourth-order valence-corrected chi connectivity index (χ4v) is 2.33. The van der Waals surface area contributed by atoms with Gasteiger partial charge in [0.1, 0.15) is 6.61 Å². The Labute approximate surface area is 144 Å². The van der Waals surface area contributed by atoms with Gasteiger partial charge in [-0.1, -0.05) is 36.4 Å². The van der Waals surface area contributed by atoms with Gasteiger partial charge in [0.15, 0.2) is 0 Å². The van der Waals surface area contributed by atoms with E-state index in [9.17, 15) is 4.79 Å². The van der Waals surface area contributed by atoms with Crippen molar-refractivity contribution in [2.75, 3.05) is 24.1 Å². The molecule has 0 radical (unpaired) electrons. The third kappa shape index (κ3) is 5.83. The monoisotopic (exact) mass is 377 g/mol. The van der Waals surface area contributed by atoms with E-state index in [-0.39, 0.29) is 6.61 Å². The standard InChI is InChI=1S/C17H20BrN3O2/c18-14-8-4-9-15(16(14)19)20-10-5-11-21-17(22)23-12-13-6-2-1-3-7-13/h1-4,6-9,20H,5,10-12,19H2,(H,21,22). The van der Waals surface area contributed by atoms with E-state index < -0.39 is 6.09 Å². The molecule has 0 aliphatic rings. The van der Waals surface area contributed by atoms with Crippen LogP contribution >= 0.6 is 15.9 Å². The number of amides is 1. The zero-order valence-corrected chi connectivity index (χ0v) is 14.3. The second kappa shape index (κ2) is 9.05. The predicted octanol–water partition coefficient (Wildman–Crippen LogP) is 3.76. The molecular formula is C17H20BrN3O2. The van der Waals surface area contributed by atoms with Gasteiger partial charge in [-0.2, -0.15) is 0 Å². The number of benzene rings is 2. The SMILES string of the molecule is Nc1c(Br)cccc1NCCCNC(=O)OCc1ccccc1. The maximum absolute atomic E-state index is 11.6. The Balaban J connectivity index is 1.60. The molecule has 4 N–H and O–H groups in total. The molecule has 0 spiro atoms. The first-order valence-electron chi connectivity index (χ1n) is 7.39. The van der Waals surface area contributed by atoms with Crippen LogP contribution in [-0.2, 0) is 11.3 Å². The second-order valence-electron chi connectivity index (χ2n) is 4.97. The third-order valence-electron chi connectivity index (χ3n) is 3.20. The summed E-state index contributed by atoms with van der Waals surface area (Å²) in [4.78, 5) is 11.6. The highest BCUT2D eigenvalue weighted by Crippen LogP contribution is 2.26. The summed E-state index contributed by atoms with van der Waals surface area (Å²) in [5, 5.41) is 5.96. The van der Waals surface area contributed by atoms with E-state index in [0.29, 0.717) is 18.8 Å². The minimum absolute atomic E-state index is 0.277. The zero-order valence-electron chi connectivity index (χ0n) is 12.7. The van der Waals surface area contributed by atoms with Gasteiger partial charge in [0.2, 0.25) is 0 Å². The van der Waals surface area contributed by atoms with Crippen LogP contribution in [0.3, 0.4) is 0 Å². The molecule has 2 rings (SSSR count). The molecule has 1 amide bonds. The first-order chi connectivity index (χ1) is 11.2. The molecule has 2 aromatic rings. The van der Waals surface area contributed by atoms with E-state index in [1.807, 2.05) is 48.5 Å². The average molecular weight is 378 g/mol. The molecular weight excluding hydrogens is 358 g/mol. The second-order valence-corrected chi connectivity index (χ2v) is 5.82. The molecule has 6 heteroatoms. The van der Waals surface area contributed by atoms with Crippen molar-refractivity contribution < 1.29 is 9.53 Å². The summed E-state index contributed by atoms with van der Waals surface area (Å²) in [5.74, 6) is 0. The molecule has 122 valence electrons. The van der Waals surface area contributed by atoms with Gasteiger partial charge in [-0.15, -0.1) is 0 Å². The van der Waals surface area contributed by atoms with Crippen LogP contribution in [0.4, 0.5) is 16.2 Å². The lowest BCUT2D eigenvalue weighted by Crippen LogP contribution is -2.26. The van der Waals surface area contributed by atoms with E-state index in [0.717, 1.165) is 22.1 Å². The minimum atomic E-state index is -0.407. The van der Waals surface area contributed by atoms with Crippen LogP contribution in [0.25, 0.3) is 0 Å². The number of halogens is 1. The molecule has 0 bridgehead atoms. The van der Waals surface area contributed by atoms with Gasteiger partial charge in [-0.3, -0.25) is 0 Å². The summed E-state index contributed by atoms with van der Waals surface area (Å²) < 4.78 is 6.00. The van der Waals surface area contributed by atoms with Crippen molar-refractivity contribution >= 4 is 33.4 Å². The molecule has 0 heterocycles. The van der Waals surface area contributed by atoms with Crippen molar-refractivity contribution in [3.63, 3.8) is 0 Å². The van der Waals surface area contributed by atoms with Crippen molar-refractivity contribution in [2.24, 2.45) is 0 Å². The van der Waals surface area contributed by atoms with E-state index in [1.54, 1.807) is 0 Å². The van der Waals surface area contributed by atoms with Crippen LogP contribution in [0, 0.1) is 0 Å². The smallest absolute Gasteiger partial charge is 0.407 e. The van der Waals surface area contributed by atoms with Crippen molar-refractivity contribution in [1.29, 1.82) is 0 Å². The van der Waals surface area contributed by atoms with Gasteiger partial charge in [-0.05, 0) is 40.0 Å². The summed E-state index contributed by atoms with van der Waals surface area (Å²) in [6, 6.07) is 15.3. The number of hydrogen-bond donors (Lipinski definition) is 3. The van der Waals surface area contributed by atoms with Crippen molar-refractivity contribution in [1.82, 2.24) is 5.32 Å². The van der Waals surface area contributed by atoms with Crippen LogP contribution in [0.15, 0.2) is 53.0 Å². The number of nitrogens with one attached hydrogen (secondary N) is 2. The van der Waals surface area contributed by atoms with Crippen LogP contribution in [0.2, 0.25) is 0 Å². The molecule has 0 aliphatic carbocycles. The van der Waals surface area contributed by atoms with E-state index in [4.69, 9.17) is 10.5 Å². The number of nitrogen functional groups attached to an aromatic ring is 1. The van der Waals surface area contributed by atoms with Gasteiger partial charge in [0, 0.05) is 17.6 Å². The number of anilines is 2. The molecule has 0 atom stereocenters. The summed E-state index contributed by atoms with van der Waals surface area (Å²) in [6.45, 7) is 1.52. The van der Waals surface area contributed by atoms with Crippen LogP contribution < -0.4 is 16.4 Å². The number of hydrogen-bond acceptors (Lipinski definition) is 4. The van der Waals surface area contributed by atoms with E-state index in [2.05, 4.69) is 26.6 Å². The average Bonchev–Trinajstić information content (AvgIpc) is 2.57. The highest BCUT2D eigenvalue weighted by molar-refractivity contribution is 9.10. The van der Waals surface area contributed by atoms with E-state index >= 15 is 0 Å². The molecule has 0 saturated heterocycles. The lowest BCUT2D eigenvalue weighted by molar-refractivity contribution is 0.139. The Kier molecular flexibility index (Phi) is 6.75. The molecule has 0 aliphatic heterocycles. The maximum atomic E-state index is 11.6. The van der Waals surface area contributed by atoms with Crippen molar-refractivity contribution in [3.05, 3.63) is 58.6 Å². The van der Waals surface area contributed by atoms with Gasteiger partial charge in [0.25, 0.3) is 0 Å². The highest BCUT2D eigenvalue weighted by atomic mass is 79.9. The Morgan fingerprint density at radius 2 is 1.87 bits per heavy atom. The largest absolute Gasteiger partial charge is 0.445 e. The molecule has 0 fully saturated rings. The Morgan fingerprint density at radius 1 is 1.09 bits per heavy atom. The lowest BCUT2D eigenvalue weighted by atomic mass is 10.2. The van der Waals surface area contributed by atoms with Crippen LogP contribution in [0.1, 0.15) is 12.0 Å². The first kappa shape index (κ1) is 17.1. The Bertz CT molecular complexity index is 635. The fourth-order valence-electron chi connectivity index (χ4n) is 1.97. The fraction of sp³-hybridized carbons (Fsp3) is 0.235. The first-order valence-corrected chi connectivity index (χ1v) is 8.18. The van der Waals surface area contributed by atoms with Gasteiger partial charge in [-0.25, -0.2) is 4.79 Å². The molecule has 0 aromatic heterocycles. The van der Waals surface area contributed by atoms with Gasteiger partial charge in [0.05, 0.1) is 11.4 Å². The quantitative estimate of drug-likeness (QED) is 0.507. The Hall–Kier alpha value is -2.21. The molecule has 5 nitrogen and oxygen atoms in total. The predicted molar refractivity (Wildman–Crippen MR) is 96.3 cm³/mol. The summed E-state index contributed by atoms with van der Waals surface area (Å²) in [7, 11) is 0. The zero-order chi connectivity index (χ0) is 16.5. The minimum Gasteiger partial charge on any atom is -0.445 e. The molecule has 0 unspecified atom stereocenters. The number of alkyl carbamates (subject to hydrolysis) is 1. The lowest BCUT2D eigenvalue weighted by Gasteiger charge is -2.11. The van der Waals surface area contributed by atoms with Gasteiger partial charge >= 0.3 is 6.09 Å². The van der Waals surface area contributed by atoms with Crippen molar-refractivity contribution in [3.8, 4) is 0 Å². The highest BCUT2D eigenvalue weighted by Gasteiger charge is 2.03. The maximum Gasteiger partial charge on any atom is 0.407 e. The Morgan fingerprint density at radius 3 is 2.65 bits per heavy atom. The number of para-hydroxylation sites is 1. The number of carbonyl (C=O) groups is 1. The third-order valence-corrected chi connectivity index (χ3v) is 3.90. The van der Waals surface area contributed by atoms with Gasteiger partial charge < -0.3 is 21.1 Å². The van der Waals surface area contributed by atoms with Crippen molar-refractivity contribution in [2.45, 2.75) is 13.0 Å². The molecule has 0 saturated carbocycles. The number of ether oxygens (including phenoxy) is 1. The summed E-state index contributed by atoms with van der Waals surface area (Å²) in [5.41, 5.74) is 8.47. The topological polar surface area (TPSA) is 76.4 Å². The van der Waals surface area contributed by atoms with E-state index in [1.165, 1.54) is 0 Å². The molecule has 23 heavy (non-hydrogen) atoms. The number of rotatable bonds is 7. The molecule has 2 aromatic carbocycles. The summed E-state index contributed by atoms with van der Waals surface area (Å²) >= 11 is 3.39. The number of nitrogens with two attached hydrogens (primary N) is 1. The normalized spacial score (nSPS) is 10.1. The van der Waals surface area contributed by atoms with Crippen LogP contribution in [0.5, 0.6) is 0 Å². The number of carbonyl (C=O) groups excluding carboxylic acids is 1.